The SMILES string of the molecule is NC(=O)c1cc(-c2ccc(F)cc2)on1. The van der Waals surface area contributed by atoms with Gasteiger partial charge < -0.3 is 10.3 Å². The molecular weight excluding hydrogens is 199 g/mol. The number of rotatable bonds is 2. The van der Waals surface area contributed by atoms with Gasteiger partial charge in [-0.2, -0.15) is 0 Å². The van der Waals surface area contributed by atoms with Gasteiger partial charge in [-0.3, -0.25) is 4.79 Å². The summed E-state index contributed by atoms with van der Waals surface area (Å²) in [6, 6.07) is 7.06. The van der Waals surface area contributed by atoms with E-state index in [4.69, 9.17) is 10.3 Å². The van der Waals surface area contributed by atoms with Crippen LogP contribution in [-0.2, 0) is 0 Å². The Labute approximate surface area is 84.5 Å². The Kier molecular flexibility index (Phi) is 2.21. The summed E-state index contributed by atoms with van der Waals surface area (Å²) in [7, 11) is 0. The summed E-state index contributed by atoms with van der Waals surface area (Å²) in [6.45, 7) is 0. The molecule has 76 valence electrons. The predicted molar refractivity (Wildman–Crippen MR) is 50.4 cm³/mol. The summed E-state index contributed by atoms with van der Waals surface area (Å²) in [6.07, 6.45) is 0. The summed E-state index contributed by atoms with van der Waals surface area (Å²) < 4.78 is 17.5. The smallest absolute Gasteiger partial charge is 0.270 e. The van der Waals surface area contributed by atoms with E-state index in [1.54, 1.807) is 0 Å². The number of nitrogens with two attached hydrogens (primary N) is 1. The first kappa shape index (κ1) is 9.39. The van der Waals surface area contributed by atoms with E-state index < -0.39 is 5.91 Å². The highest BCUT2D eigenvalue weighted by Gasteiger charge is 2.10. The lowest BCUT2D eigenvalue weighted by Gasteiger charge is -1.93. The number of hydrogen-bond acceptors (Lipinski definition) is 3. The standard InChI is InChI=1S/C10H7FN2O2/c11-7-3-1-6(2-4-7)9-5-8(10(12)14)13-15-9/h1-5H,(H2,12,14). The number of carbonyl (C=O) groups excluding carboxylic acids is 1. The molecule has 0 radical (unpaired) electrons. The van der Waals surface area contributed by atoms with Gasteiger partial charge in [0.1, 0.15) is 5.82 Å². The molecule has 2 N–H and O–H groups in total. The van der Waals surface area contributed by atoms with E-state index in [1.807, 2.05) is 0 Å². The average molecular weight is 206 g/mol. The number of primary amides is 1. The fraction of sp³-hybridized carbons (Fsp3) is 0. The second-order valence-corrected chi connectivity index (χ2v) is 2.95. The third-order valence-electron chi connectivity index (χ3n) is 1.89. The second kappa shape index (κ2) is 3.53. The molecule has 2 aromatic rings. The van der Waals surface area contributed by atoms with Gasteiger partial charge in [0.2, 0.25) is 0 Å². The Hall–Kier alpha value is -2.17. The van der Waals surface area contributed by atoms with Crippen molar-refractivity contribution in [2.45, 2.75) is 0 Å². The van der Waals surface area contributed by atoms with E-state index in [2.05, 4.69) is 5.16 Å². The quantitative estimate of drug-likeness (QED) is 0.810. The summed E-state index contributed by atoms with van der Waals surface area (Å²) in [5.41, 5.74) is 5.69. The lowest BCUT2D eigenvalue weighted by atomic mass is 10.1. The zero-order chi connectivity index (χ0) is 10.8. The summed E-state index contributed by atoms with van der Waals surface area (Å²) in [5, 5.41) is 3.47. The topological polar surface area (TPSA) is 69.1 Å². The first-order chi connectivity index (χ1) is 7.16. The van der Waals surface area contributed by atoms with Gasteiger partial charge in [-0.05, 0) is 24.3 Å². The van der Waals surface area contributed by atoms with Gasteiger partial charge >= 0.3 is 0 Å². The van der Waals surface area contributed by atoms with Crippen molar-refractivity contribution in [3.8, 4) is 11.3 Å². The van der Waals surface area contributed by atoms with Crippen molar-refractivity contribution in [1.29, 1.82) is 0 Å². The molecule has 0 aliphatic carbocycles. The van der Waals surface area contributed by atoms with Crippen LogP contribution in [0.4, 0.5) is 4.39 Å². The summed E-state index contributed by atoms with van der Waals surface area (Å²) >= 11 is 0. The molecule has 0 aliphatic rings. The molecule has 5 heteroatoms. The van der Waals surface area contributed by atoms with Crippen LogP contribution < -0.4 is 5.73 Å². The molecule has 1 heterocycles. The van der Waals surface area contributed by atoms with E-state index in [0.29, 0.717) is 11.3 Å². The maximum Gasteiger partial charge on any atom is 0.270 e. The molecule has 0 unspecified atom stereocenters. The van der Waals surface area contributed by atoms with Gasteiger partial charge in [-0.25, -0.2) is 4.39 Å². The van der Waals surface area contributed by atoms with Crippen LogP contribution in [0, 0.1) is 5.82 Å². The lowest BCUT2D eigenvalue weighted by Crippen LogP contribution is -2.10. The number of halogens is 1. The number of carbonyl (C=O) groups is 1. The average Bonchev–Trinajstić information content (AvgIpc) is 2.68. The molecule has 1 aromatic carbocycles. The first-order valence-corrected chi connectivity index (χ1v) is 4.19. The van der Waals surface area contributed by atoms with E-state index in [9.17, 15) is 9.18 Å². The van der Waals surface area contributed by atoms with Crippen molar-refractivity contribution in [3.63, 3.8) is 0 Å². The van der Waals surface area contributed by atoms with Gasteiger partial charge in [0.05, 0.1) is 0 Å². The van der Waals surface area contributed by atoms with E-state index in [-0.39, 0.29) is 11.5 Å². The molecule has 0 saturated heterocycles. The predicted octanol–water partition coefficient (Wildman–Crippen LogP) is 1.58. The van der Waals surface area contributed by atoms with Crippen molar-refractivity contribution < 1.29 is 13.7 Å². The molecule has 2 rings (SSSR count). The van der Waals surface area contributed by atoms with Gasteiger partial charge in [0.25, 0.3) is 5.91 Å². The zero-order valence-corrected chi connectivity index (χ0v) is 7.61. The normalized spacial score (nSPS) is 10.2. The van der Waals surface area contributed by atoms with Crippen LogP contribution in [0.2, 0.25) is 0 Å². The Morgan fingerprint density at radius 1 is 1.33 bits per heavy atom. The second-order valence-electron chi connectivity index (χ2n) is 2.95. The monoisotopic (exact) mass is 206 g/mol. The summed E-state index contributed by atoms with van der Waals surface area (Å²) in [5.74, 6) is -0.621. The van der Waals surface area contributed by atoms with Gasteiger partial charge in [0, 0.05) is 11.6 Å². The largest absolute Gasteiger partial charge is 0.364 e. The number of hydrogen-bond donors (Lipinski definition) is 1. The molecular formula is C10H7FN2O2. The number of benzene rings is 1. The molecule has 0 saturated carbocycles. The molecule has 0 bridgehead atoms. The van der Waals surface area contributed by atoms with Crippen LogP contribution in [-0.4, -0.2) is 11.1 Å². The lowest BCUT2D eigenvalue weighted by molar-refractivity contribution is 0.0992. The van der Waals surface area contributed by atoms with Gasteiger partial charge in [-0.1, -0.05) is 5.16 Å². The maximum absolute atomic E-state index is 12.6. The van der Waals surface area contributed by atoms with Gasteiger partial charge in [-0.15, -0.1) is 0 Å². The Morgan fingerprint density at radius 2 is 2.00 bits per heavy atom. The third kappa shape index (κ3) is 1.85. The van der Waals surface area contributed by atoms with Crippen LogP contribution in [0.1, 0.15) is 10.5 Å². The van der Waals surface area contributed by atoms with Crippen LogP contribution in [0.15, 0.2) is 34.9 Å². The minimum absolute atomic E-state index is 0.0503. The van der Waals surface area contributed by atoms with Crippen molar-refractivity contribution in [2.24, 2.45) is 5.73 Å². The highest BCUT2D eigenvalue weighted by molar-refractivity contribution is 5.91. The first-order valence-electron chi connectivity index (χ1n) is 4.19. The van der Waals surface area contributed by atoms with Crippen molar-refractivity contribution >= 4 is 5.91 Å². The van der Waals surface area contributed by atoms with E-state index in [0.717, 1.165) is 0 Å². The fourth-order valence-corrected chi connectivity index (χ4v) is 1.14. The Balaban J connectivity index is 2.37. The van der Waals surface area contributed by atoms with Crippen molar-refractivity contribution in [1.82, 2.24) is 5.16 Å². The maximum atomic E-state index is 12.6. The van der Waals surface area contributed by atoms with Crippen molar-refractivity contribution in [2.75, 3.05) is 0 Å². The molecule has 15 heavy (non-hydrogen) atoms. The van der Waals surface area contributed by atoms with Gasteiger partial charge in [0.15, 0.2) is 11.5 Å². The number of nitrogens with zero attached hydrogens (tertiary/aromatic N) is 1. The Bertz CT molecular complexity index is 490. The molecule has 0 fully saturated rings. The number of aromatic nitrogens is 1. The summed E-state index contributed by atoms with van der Waals surface area (Å²) in [4.78, 5) is 10.7. The third-order valence-corrected chi connectivity index (χ3v) is 1.89. The molecule has 0 spiro atoms. The molecule has 1 aromatic heterocycles. The van der Waals surface area contributed by atoms with E-state index >= 15 is 0 Å². The van der Waals surface area contributed by atoms with Crippen molar-refractivity contribution in [3.05, 3.63) is 41.8 Å². The van der Waals surface area contributed by atoms with Crippen LogP contribution in [0.3, 0.4) is 0 Å². The molecule has 0 aliphatic heterocycles. The fourth-order valence-electron chi connectivity index (χ4n) is 1.14. The van der Waals surface area contributed by atoms with Crippen LogP contribution in [0.5, 0.6) is 0 Å². The minimum atomic E-state index is -0.660. The molecule has 0 atom stereocenters. The minimum Gasteiger partial charge on any atom is -0.364 e. The molecule has 1 amide bonds. The number of amides is 1. The van der Waals surface area contributed by atoms with Crippen LogP contribution >= 0.6 is 0 Å². The Morgan fingerprint density at radius 3 is 2.53 bits per heavy atom. The van der Waals surface area contributed by atoms with Crippen LogP contribution in [0.25, 0.3) is 11.3 Å². The highest BCUT2D eigenvalue weighted by atomic mass is 19.1. The van der Waals surface area contributed by atoms with E-state index in [1.165, 1.54) is 30.3 Å². The molecule has 4 nitrogen and oxygen atoms in total. The zero-order valence-electron chi connectivity index (χ0n) is 7.61. The highest BCUT2D eigenvalue weighted by Crippen LogP contribution is 2.20.